The van der Waals surface area contributed by atoms with E-state index in [0.29, 0.717) is 6.04 Å². The molecule has 3 heterocycles. The van der Waals surface area contributed by atoms with E-state index in [1.54, 1.807) is 6.20 Å². The maximum Gasteiger partial charge on any atom is 0.0988 e. The second-order valence-corrected chi connectivity index (χ2v) is 7.46. The fraction of sp³-hybridized carbons (Fsp3) is 0.391. The summed E-state index contributed by atoms with van der Waals surface area (Å²) < 4.78 is 1.97. The van der Waals surface area contributed by atoms with Crippen LogP contribution in [0.3, 0.4) is 0 Å². The number of aromatic nitrogens is 3. The van der Waals surface area contributed by atoms with Crippen molar-refractivity contribution in [2.75, 3.05) is 19.6 Å². The van der Waals surface area contributed by atoms with E-state index >= 15 is 0 Å². The van der Waals surface area contributed by atoms with Crippen molar-refractivity contribution in [3.8, 4) is 16.9 Å². The van der Waals surface area contributed by atoms with Gasteiger partial charge in [-0.1, -0.05) is 25.1 Å². The number of pyridine rings is 1. The number of nitrogens with zero attached hydrogens (tertiary/aromatic N) is 4. The minimum Gasteiger partial charge on any atom is -0.311 e. The lowest BCUT2D eigenvalue weighted by Gasteiger charge is -2.26. The topological polar surface area (TPSA) is 46.0 Å². The van der Waals surface area contributed by atoms with E-state index in [1.807, 2.05) is 35.1 Å². The smallest absolute Gasteiger partial charge is 0.0988 e. The normalized spacial score (nSPS) is 15.8. The summed E-state index contributed by atoms with van der Waals surface area (Å²) in [6, 6.07) is 14.9. The van der Waals surface area contributed by atoms with Crippen LogP contribution in [0.25, 0.3) is 16.9 Å². The first kappa shape index (κ1) is 18.8. The van der Waals surface area contributed by atoms with Crippen molar-refractivity contribution in [2.45, 2.75) is 38.8 Å². The summed E-state index contributed by atoms with van der Waals surface area (Å²) in [5, 5.41) is 8.56. The van der Waals surface area contributed by atoms with Crippen LogP contribution in [0, 0.1) is 0 Å². The molecule has 1 aliphatic heterocycles. The summed E-state index contributed by atoms with van der Waals surface area (Å²) in [5.41, 5.74) is 4.33. The van der Waals surface area contributed by atoms with Crippen LogP contribution in [0.2, 0.25) is 0 Å². The standard InChI is InChI=1S/C23H29N5/c1-2-21(27-13-6-7-14-27)17-25-16-20-18-28(22-10-4-3-5-11-22)26-23(20)19-9-8-12-24-15-19/h3-5,8-12,15,18,21,25H,2,6-7,13-14,16-17H2,1H3. The maximum atomic E-state index is 4.87. The molecule has 4 rings (SSSR count). The van der Waals surface area contributed by atoms with E-state index in [9.17, 15) is 0 Å². The minimum absolute atomic E-state index is 0.619. The quantitative estimate of drug-likeness (QED) is 0.649. The summed E-state index contributed by atoms with van der Waals surface area (Å²) >= 11 is 0. The zero-order valence-corrected chi connectivity index (χ0v) is 16.6. The average Bonchev–Trinajstić information content (AvgIpc) is 3.43. The number of rotatable bonds is 8. The number of para-hydroxylation sites is 1. The van der Waals surface area contributed by atoms with Gasteiger partial charge in [-0.2, -0.15) is 5.10 Å². The molecule has 5 nitrogen and oxygen atoms in total. The second-order valence-electron chi connectivity index (χ2n) is 7.46. The summed E-state index contributed by atoms with van der Waals surface area (Å²) in [5.74, 6) is 0. The molecule has 1 atom stereocenters. The lowest BCUT2D eigenvalue weighted by atomic mass is 10.1. The molecule has 0 bridgehead atoms. The molecule has 0 aliphatic carbocycles. The first-order valence-electron chi connectivity index (χ1n) is 10.3. The van der Waals surface area contributed by atoms with Gasteiger partial charge in [-0.25, -0.2) is 4.68 Å². The monoisotopic (exact) mass is 375 g/mol. The van der Waals surface area contributed by atoms with E-state index in [1.165, 1.54) is 37.9 Å². The van der Waals surface area contributed by atoms with Crippen LogP contribution in [-0.2, 0) is 6.54 Å². The molecule has 0 amide bonds. The fourth-order valence-corrected chi connectivity index (χ4v) is 4.01. The molecule has 0 radical (unpaired) electrons. The Morgan fingerprint density at radius 1 is 1.07 bits per heavy atom. The Bertz CT molecular complexity index is 853. The molecule has 1 saturated heterocycles. The summed E-state index contributed by atoms with van der Waals surface area (Å²) in [6.45, 7) is 6.60. The van der Waals surface area contributed by atoms with Gasteiger partial charge in [0.1, 0.15) is 0 Å². The van der Waals surface area contributed by atoms with Crippen molar-refractivity contribution in [1.29, 1.82) is 0 Å². The maximum absolute atomic E-state index is 4.87. The summed E-state index contributed by atoms with van der Waals surface area (Å²) in [4.78, 5) is 6.91. The largest absolute Gasteiger partial charge is 0.311 e. The highest BCUT2D eigenvalue weighted by Crippen LogP contribution is 2.23. The van der Waals surface area contributed by atoms with Crippen molar-refractivity contribution in [3.63, 3.8) is 0 Å². The zero-order chi connectivity index (χ0) is 19.2. The van der Waals surface area contributed by atoms with Gasteiger partial charge in [0.2, 0.25) is 0 Å². The Morgan fingerprint density at radius 3 is 2.61 bits per heavy atom. The van der Waals surface area contributed by atoms with Gasteiger partial charge in [0, 0.05) is 48.8 Å². The van der Waals surface area contributed by atoms with Crippen molar-refractivity contribution >= 4 is 0 Å². The van der Waals surface area contributed by atoms with Gasteiger partial charge < -0.3 is 5.32 Å². The van der Waals surface area contributed by atoms with E-state index in [4.69, 9.17) is 5.10 Å². The molecule has 0 spiro atoms. The Morgan fingerprint density at radius 2 is 1.89 bits per heavy atom. The highest BCUT2D eigenvalue weighted by atomic mass is 15.3. The van der Waals surface area contributed by atoms with E-state index in [-0.39, 0.29) is 0 Å². The number of hydrogen-bond acceptors (Lipinski definition) is 4. The third-order valence-corrected chi connectivity index (χ3v) is 5.57. The molecular weight excluding hydrogens is 346 g/mol. The van der Waals surface area contributed by atoms with Crippen LogP contribution in [0.1, 0.15) is 31.7 Å². The van der Waals surface area contributed by atoms with Crippen LogP contribution in [0.15, 0.2) is 61.1 Å². The first-order valence-corrected chi connectivity index (χ1v) is 10.3. The molecule has 3 aromatic rings. The van der Waals surface area contributed by atoms with Gasteiger partial charge in [0.05, 0.1) is 11.4 Å². The predicted molar refractivity (Wildman–Crippen MR) is 113 cm³/mol. The molecule has 1 fully saturated rings. The lowest BCUT2D eigenvalue weighted by molar-refractivity contribution is 0.229. The molecule has 28 heavy (non-hydrogen) atoms. The average molecular weight is 376 g/mol. The van der Waals surface area contributed by atoms with Crippen molar-refractivity contribution in [2.24, 2.45) is 0 Å². The van der Waals surface area contributed by atoms with Crippen molar-refractivity contribution in [3.05, 3.63) is 66.6 Å². The Kier molecular flexibility index (Phi) is 6.14. The van der Waals surface area contributed by atoms with Crippen LogP contribution >= 0.6 is 0 Å². The van der Waals surface area contributed by atoms with Gasteiger partial charge in [0.15, 0.2) is 0 Å². The highest BCUT2D eigenvalue weighted by Gasteiger charge is 2.20. The SMILES string of the molecule is CCC(CNCc1cn(-c2ccccc2)nc1-c1cccnc1)N1CCCC1. The molecular formula is C23H29N5. The van der Waals surface area contributed by atoms with Crippen LogP contribution in [0.4, 0.5) is 0 Å². The van der Waals surface area contributed by atoms with Gasteiger partial charge in [-0.05, 0) is 56.6 Å². The zero-order valence-electron chi connectivity index (χ0n) is 16.6. The van der Waals surface area contributed by atoms with E-state index in [2.05, 4.69) is 46.5 Å². The fourth-order valence-electron chi connectivity index (χ4n) is 4.01. The molecule has 5 heteroatoms. The number of benzene rings is 1. The van der Waals surface area contributed by atoms with Crippen molar-refractivity contribution < 1.29 is 0 Å². The number of hydrogen-bond donors (Lipinski definition) is 1. The molecule has 1 aliphatic rings. The second kappa shape index (κ2) is 9.13. The van der Waals surface area contributed by atoms with Crippen LogP contribution in [-0.4, -0.2) is 45.3 Å². The molecule has 1 aromatic carbocycles. The molecule has 2 aromatic heterocycles. The number of likely N-dealkylation sites (tertiary alicyclic amines) is 1. The van der Waals surface area contributed by atoms with Crippen LogP contribution < -0.4 is 5.32 Å². The first-order chi connectivity index (χ1) is 13.8. The van der Waals surface area contributed by atoms with Gasteiger partial charge >= 0.3 is 0 Å². The highest BCUT2D eigenvalue weighted by molar-refractivity contribution is 5.62. The lowest BCUT2D eigenvalue weighted by Crippen LogP contribution is -2.40. The summed E-state index contributed by atoms with van der Waals surface area (Å²) in [7, 11) is 0. The molecule has 1 unspecified atom stereocenters. The molecule has 0 saturated carbocycles. The number of nitrogens with one attached hydrogen (secondary N) is 1. The Balaban J connectivity index is 1.52. The summed E-state index contributed by atoms with van der Waals surface area (Å²) in [6.07, 6.45) is 9.70. The van der Waals surface area contributed by atoms with Gasteiger partial charge in [0.25, 0.3) is 0 Å². The predicted octanol–water partition coefficient (Wildman–Crippen LogP) is 3.90. The van der Waals surface area contributed by atoms with Crippen molar-refractivity contribution in [1.82, 2.24) is 25.0 Å². The Labute approximate surface area is 167 Å². The minimum atomic E-state index is 0.619. The van der Waals surface area contributed by atoms with E-state index < -0.39 is 0 Å². The van der Waals surface area contributed by atoms with Gasteiger partial charge in [-0.15, -0.1) is 0 Å². The third-order valence-electron chi connectivity index (χ3n) is 5.57. The third kappa shape index (κ3) is 4.32. The van der Waals surface area contributed by atoms with Gasteiger partial charge in [-0.3, -0.25) is 9.88 Å². The molecule has 1 N–H and O–H groups in total. The van der Waals surface area contributed by atoms with E-state index in [0.717, 1.165) is 30.0 Å². The Hall–Kier alpha value is -2.50. The van der Waals surface area contributed by atoms with Crippen LogP contribution in [0.5, 0.6) is 0 Å². The molecule has 146 valence electrons.